The first-order valence-corrected chi connectivity index (χ1v) is 9.27. The van der Waals surface area contributed by atoms with Crippen LogP contribution in [0, 0.1) is 12.8 Å². The van der Waals surface area contributed by atoms with Crippen LogP contribution in [0.2, 0.25) is 0 Å². The molecule has 0 heterocycles. The van der Waals surface area contributed by atoms with Gasteiger partial charge in [0.2, 0.25) is 0 Å². The van der Waals surface area contributed by atoms with Crippen molar-refractivity contribution in [3.05, 3.63) is 35.4 Å². The summed E-state index contributed by atoms with van der Waals surface area (Å²) in [6.45, 7) is 11.1. The molecule has 1 aliphatic rings. The standard InChI is InChI=1S/C20H33NO/c1-4-21(5-2)15-16-22-20(18-12-7-6-8-13-18)19-14-10-9-11-17(19)3/h9-11,14,18,20H,4-8,12-13,15-16H2,1-3H3/p+1/t20-/m1/s1. The molecule has 0 bridgehead atoms. The van der Waals surface area contributed by atoms with Crippen LogP contribution in [0.15, 0.2) is 24.3 Å². The van der Waals surface area contributed by atoms with Crippen LogP contribution in [0.25, 0.3) is 0 Å². The van der Waals surface area contributed by atoms with Gasteiger partial charge in [-0.25, -0.2) is 0 Å². The molecular weight excluding hydrogens is 270 g/mol. The van der Waals surface area contributed by atoms with Gasteiger partial charge in [0.1, 0.15) is 6.54 Å². The SMILES string of the molecule is CC[NH+](CC)CCO[C@@H](c1ccccc1C)C1CCCCC1. The van der Waals surface area contributed by atoms with Gasteiger partial charge in [-0.05, 0) is 50.7 Å². The lowest BCUT2D eigenvalue weighted by molar-refractivity contribution is -0.896. The molecular formula is C20H34NO+. The van der Waals surface area contributed by atoms with Gasteiger partial charge < -0.3 is 9.64 Å². The van der Waals surface area contributed by atoms with Gasteiger partial charge in [0.15, 0.2) is 0 Å². The average Bonchev–Trinajstić information content (AvgIpc) is 2.57. The average molecular weight is 304 g/mol. The minimum absolute atomic E-state index is 0.302. The molecule has 0 amide bonds. The Morgan fingerprint density at radius 2 is 1.77 bits per heavy atom. The third kappa shape index (κ3) is 4.82. The Bertz CT molecular complexity index is 421. The molecule has 1 N–H and O–H groups in total. The van der Waals surface area contributed by atoms with Crippen LogP contribution in [0.3, 0.4) is 0 Å². The van der Waals surface area contributed by atoms with Crippen LogP contribution >= 0.6 is 0 Å². The molecule has 0 saturated heterocycles. The molecule has 1 atom stereocenters. The second-order valence-corrected chi connectivity index (χ2v) is 6.75. The van der Waals surface area contributed by atoms with E-state index < -0.39 is 0 Å². The Hall–Kier alpha value is -0.860. The third-order valence-electron chi connectivity index (χ3n) is 5.33. The summed E-state index contributed by atoms with van der Waals surface area (Å²) in [5.41, 5.74) is 2.80. The van der Waals surface area contributed by atoms with E-state index in [2.05, 4.69) is 45.0 Å². The van der Waals surface area contributed by atoms with Crippen molar-refractivity contribution >= 4 is 0 Å². The van der Waals surface area contributed by atoms with Crippen molar-refractivity contribution in [3.63, 3.8) is 0 Å². The predicted octanol–water partition coefficient (Wildman–Crippen LogP) is 3.56. The Morgan fingerprint density at radius 3 is 2.41 bits per heavy atom. The Morgan fingerprint density at radius 1 is 1.09 bits per heavy atom. The van der Waals surface area contributed by atoms with E-state index in [9.17, 15) is 0 Å². The summed E-state index contributed by atoms with van der Waals surface area (Å²) in [4.78, 5) is 1.63. The molecule has 1 aliphatic carbocycles. The number of ether oxygens (including phenoxy) is 1. The Balaban J connectivity index is 2.03. The van der Waals surface area contributed by atoms with Gasteiger partial charge in [-0.3, -0.25) is 0 Å². The number of quaternary nitrogens is 1. The van der Waals surface area contributed by atoms with Gasteiger partial charge in [0.25, 0.3) is 0 Å². The zero-order valence-corrected chi connectivity index (χ0v) is 14.7. The van der Waals surface area contributed by atoms with Gasteiger partial charge in [0.05, 0.1) is 25.8 Å². The highest BCUT2D eigenvalue weighted by atomic mass is 16.5. The molecule has 0 unspecified atom stereocenters. The lowest BCUT2D eigenvalue weighted by Gasteiger charge is -2.32. The summed E-state index contributed by atoms with van der Waals surface area (Å²) in [5.74, 6) is 0.710. The number of hydrogen-bond acceptors (Lipinski definition) is 1. The first-order chi connectivity index (χ1) is 10.8. The Kier molecular flexibility index (Phi) is 7.41. The molecule has 2 rings (SSSR count). The summed E-state index contributed by atoms with van der Waals surface area (Å²) in [5, 5.41) is 0. The molecule has 0 aromatic heterocycles. The number of rotatable bonds is 8. The van der Waals surface area contributed by atoms with E-state index in [4.69, 9.17) is 4.74 Å². The number of likely N-dealkylation sites (N-methyl/N-ethyl adjacent to an activating group) is 1. The summed E-state index contributed by atoms with van der Waals surface area (Å²) in [7, 11) is 0. The van der Waals surface area contributed by atoms with Crippen LogP contribution in [-0.2, 0) is 4.74 Å². The number of nitrogens with one attached hydrogen (secondary N) is 1. The van der Waals surface area contributed by atoms with Crippen molar-refractivity contribution in [3.8, 4) is 0 Å². The molecule has 22 heavy (non-hydrogen) atoms. The summed E-state index contributed by atoms with van der Waals surface area (Å²) in [6, 6.07) is 8.80. The molecule has 1 fully saturated rings. The normalized spacial score (nSPS) is 17.8. The zero-order chi connectivity index (χ0) is 15.8. The maximum atomic E-state index is 6.46. The Labute approximate surface area is 136 Å². The monoisotopic (exact) mass is 304 g/mol. The fourth-order valence-corrected chi connectivity index (χ4v) is 3.76. The molecule has 1 aromatic rings. The molecule has 1 saturated carbocycles. The van der Waals surface area contributed by atoms with E-state index in [1.807, 2.05) is 0 Å². The van der Waals surface area contributed by atoms with E-state index in [0.717, 1.165) is 13.2 Å². The molecule has 124 valence electrons. The molecule has 0 radical (unpaired) electrons. The summed E-state index contributed by atoms with van der Waals surface area (Å²) < 4.78 is 6.46. The highest BCUT2D eigenvalue weighted by Gasteiger charge is 2.27. The maximum Gasteiger partial charge on any atom is 0.101 e. The predicted molar refractivity (Wildman–Crippen MR) is 93.4 cm³/mol. The molecule has 0 aliphatic heterocycles. The van der Waals surface area contributed by atoms with Crippen molar-refractivity contribution in [1.82, 2.24) is 0 Å². The molecule has 1 aromatic carbocycles. The zero-order valence-electron chi connectivity index (χ0n) is 14.7. The fourth-order valence-electron chi connectivity index (χ4n) is 3.76. The lowest BCUT2D eigenvalue weighted by atomic mass is 9.81. The van der Waals surface area contributed by atoms with Gasteiger partial charge in [-0.2, -0.15) is 0 Å². The number of benzene rings is 1. The van der Waals surface area contributed by atoms with E-state index in [1.165, 1.54) is 56.3 Å². The van der Waals surface area contributed by atoms with Gasteiger partial charge in [-0.1, -0.05) is 43.5 Å². The molecule has 2 heteroatoms. The quantitative estimate of drug-likeness (QED) is 0.775. The van der Waals surface area contributed by atoms with Crippen LogP contribution in [0.4, 0.5) is 0 Å². The van der Waals surface area contributed by atoms with Crippen molar-refractivity contribution < 1.29 is 9.64 Å². The van der Waals surface area contributed by atoms with Crippen LogP contribution < -0.4 is 4.90 Å². The van der Waals surface area contributed by atoms with E-state index in [0.29, 0.717) is 12.0 Å². The van der Waals surface area contributed by atoms with Gasteiger partial charge in [0, 0.05) is 0 Å². The second-order valence-electron chi connectivity index (χ2n) is 6.75. The first kappa shape index (κ1) is 17.5. The van der Waals surface area contributed by atoms with Gasteiger partial charge >= 0.3 is 0 Å². The summed E-state index contributed by atoms with van der Waals surface area (Å²) in [6.07, 6.45) is 7.11. The smallest absolute Gasteiger partial charge is 0.101 e. The van der Waals surface area contributed by atoms with E-state index in [-0.39, 0.29) is 0 Å². The number of aryl methyl sites for hydroxylation is 1. The van der Waals surface area contributed by atoms with E-state index >= 15 is 0 Å². The second kappa shape index (κ2) is 9.32. The molecule has 0 spiro atoms. The van der Waals surface area contributed by atoms with Crippen molar-refractivity contribution in [2.24, 2.45) is 5.92 Å². The van der Waals surface area contributed by atoms with Crippen molar-refractivity contribution in [1.29, 1.82) is 0 Å². The van der Waals surface area contributed by atoms with E-state index in [1.54, 1.807) is 4.90 Å². The minimum atomic E-state index is 0.302. The third-order valence-corrected chi connectivity index (χ3v) is 5.33. The lowest BCUT2D eigenvalue weighted by Crippen LogP contribution is -3.11. The van der Waals surface area contributed by atoms with Crippen LogP contribution in [-0.4, -0.2) is 26.2 Å². The first-order valence-electron chi connectivity index (χ1n) is 9.27. The van der Waals surface area contributed by atoms with Crippen LogP contribution in [0.5, 0.6) is 0 Å². The highest BCUT2D eigenvalue weighted by Crippen LogP contribution is 2.37. The fraction of sp³-hybridized carbons (Fsp3) is 0.700. The van der Waals surface area contributed by atoms with Crippen molar-refractivity contribution in [2.75, 3.05) is 26.2 Å². The number of hydrogen-bond donors (Lipinski definition) is 1. The highest BCUT2D eigenvalue weighted by molar-refractivity contribution is 5.28. The minimum Gasteiger partial charge on any atom is -0.367 e. The van der Waals surface area contributed by atoms with Crippen molar-refractivity contribution in [2.45, 2.75) is 59.0 Å². The molecule has 2 nitrogen and oxygen atoms in total. The van der Waals surface area contributed by atoms with Gasteiger partial charge in [-0.15, -0.1) is 0 Å². The maximum absolute atomic E-state index is 6.46. The summed E-state index contributed by atoms with van der Waals surface area (Å²) >= 11 is 0. The topological polar surface area (TPSA) is 13.7 Å². The van der Waals surface area contributed by atoms with Crippen LogP contribution in [0.1, 0.15) is 63.2 Å². The largest absolute Gasteiger partial charge is 0.367 e.